The molecule has 0 saturated carbocycles. The van der Waals surface area contributed by atoms with E-state index in [4.69, 9.17) is 15.2 Å². The van der Waals surface area contributed by atoms with Gasteiger partial charge in [-0.3, -0.25) is 9.59 Å². The van der Waals surface area contributed by atoms with E-state index in [0.29, 0.717) is 30.0 Å². The van der Waals surface area contributed by atoms with Crippen LogP contribution in [0.25, 0.3) is 10.9 Å². The predicted molar refractivity (Wildman–Crippen MR) is 83.8 cm³/mol. The molecule has 6 nitrogen and oxygen atoms in total. The normalized spacial score (nSPS) is 10.6. The third-order valence-corrected chi connectivity index (χ3v) is 3.19. The van der Waals surface area contributed by atoms with E-state index in [1.54, 1.807) is 12.1 Å². The van der Waals surface area contributed by atoms with Crippen LogP contribution in [0.5, 0.6) is 5.75 Å². The summed E-state index contributed by atoms with van der Waals surface area (Å²) in [6.45, 7) is 2.53. The van der Waals surface area contributed by atoms with Gasteiger partial charge in [0.2, 0.25) is 0 Å². The van der Waals surface area contributed by atoms with E-state index in [9.17, 15) is 9.59 Å². The van der Waals surface area contributed by atoms with E-state index >= 15 is 0 Å². The van der Waals surface area contributed by atoms with Gasteiger partial charge < -0.3 is 20.2 Å². The van der Waals surface area contributed by atoms with Crippen molar-refractivity contribution in [3.05, 3.63) is 40.2 Å². The van der Waals surface area contributed by atoms with Gasteiger partial charge in [-0.2, -0.15) is 0 Å². The Kier molecular flexibility index (Phi) is 5.55. The van der Waals surface area contributed by atoms with Crippen molar-refractivity contribution in [3.63, 3.8) is 0 Å². The Hall–Kier alpha value is -2.34. The van der Waals surface area contributed by atoms with Crippen molar-refractivity contribution in [2.75, 3.05) is 13.2 Å². The number of nitrogens with one attached hydrogen (secondary N) is 1. The quantitative estimate of drug-likeness (QED) is 0.600. The third kappa shape index (κ3) is 4.33. The molecule has 22 heavy (non-hydrogen) atoms. The number of hydrogen-bond donors (Lipinski definition) is 2. The topological polar surface area (TPSA) is 94.4 Å². The zero-order chi connectivity index (χ0) is 15.9. The second-order valence-corrected chi connectivity index (χ2v) is 5.00. The fourth-order valence-electron chi connectivity index (χ4n) is 2.04. The number of fused-ring (bicyclic) bond motifs is 1. The number of nitrogens with two attached hydrogens (primary N) is 1. The summed E-state index contributed by atoms with van der Waals surface area (Å²) >= 11 is 0. The molecular formula is C16H20N2O4. The number of H-pyrrole nitrogens is 1. The van der Waals surface area contributed by atoms with Crippen molar-refractivity contribution < 1.29 is 14.3 Å². The van der Waals surface area contributed by atoms with Crippen molar-refractivity contribution in [2.45, 2.75) is 26.4 Å². The molecule has 6 heteroatoms. The molecule has 1 heterocycles. The van der Waals surface area contributed by atoms with Gasteiger partial charge in [-0.25, -0.2) is 0 Å². The minimum absolute atomic E-state index is 0.0298. The average Bonchev–Trinajstić information content (AvgIpc) is 2.49. The number of esters is 1. The Bertz CT molecular complexity index is 709. The number of carbonyl (C=O) groups excluding carboxylic acids is 1. The van der Waals surface area contributed by atoms with Gasteiger partial charge >= 0.3 is 5.97 Å². The fourth-order valence-corrected chi connectivity index (χ4v) is 2.04. The Morgan fingerprint density at radius 3 is 2.82 bits per heavy atom. The van der Waals surface area contributed by atoms with E-state index in [0.717, 1.165) is 18.2 Å². The smallest absolute Gasteiger partial charge is 0.302 e. The van der Waals surface area contributed by atoms with Crippen LogP contribution >= 0.6 is 0 Å². The number of rotatable bonds is 7. The molecular weight excluding hydrogens is 284 g/mol. The molecule has 0 amide bonds. The molecule has 0 atom stereocenters. The van der Waals surface area contributed by atoms with Crippen LogP contribution in [0.15, 0.2) is 29.1 Å². The maximum Gasteiger partial charge on any atom is 0.302 e. The van der Waals surface area contributed by atoms with Gasteiger partial charge in [-0.15, -0.1) is 0 Å². The van der Waals surface area contributed by atoms with Gasteiger partial charge in [-0.1, -0.05) is 0 Å². The standard InChI is InChI=1S/C16H20N2O4/c1-11(19)22-10-13-8-12-4-5-14(21-7-3-2-6-17)9-15(12)18-16(13)20/h4-5,8-9H,2-3,6-7,10,17H2,1H3,(H,18,20). The molecule has 0 radical (unpaired) electrons. The maximum atomic E-state index is 12.0. The number of unbranched alkanes of at least 4 members (excludes halogenated alkanes) is 1. The third-order valence-electron chi connectivity index (χ3n) is 3.19. The predicted octanol–water partition coefficient (Wildman–Crippen LogP) is 1.71. The van der Waals surface area contributed by atoms with Crippen molar-refractivity contribution >= 4 is 16.9 Å². The van der Waals surface area contributed by atoms with Crippen LogP contribution in [0.2, 0.25) is 0 Å². The van der Waals surface area contributed by atoms with E-state index < -0.39 is 5.97 Å². The van der Waals surface area contributed by atoms with Crippen molar-refractivity contribution in [1.82, 2.24) is 4.98 Å². The molecule has 0 bridgehead atoms. The van der Waals surface area contributed by atoms with Crippen molar-refractivity contribution in [3.8, 4) is 5.75 Å². The first kappa shape index (κ1) is 16.0. The van der Waals surface area contributed by atoms with Gasteiger partial charge in [0.1, 0.15) is 12.4 Å². The highest BCUT2D eigenvalue weighted by Crippen LogP contribution is 2.19. The summed E-state index contributed by atoms with van der Waals surface area (Å²) in [5, 5.41) is 0.857. The Morgan fingerprint density at radius 1 is 1.27 bits per heavy atom. The highest BCUT2D eigenvalue weighted by atomic mass is 16.5. The van der Waals surface area contributed by atoms with Gasteiger partial charge in [0, 0.05) is 13.0 Å². The highest BCUT2D eigenvalue weighted by Gasteiger charge is 2.06. The monoisotopic (exact) mass is 304 g/mol. The zero-order valence-electron chi connectivity index (χ0n) is 12.6. The molecule has 1 aromatic carbocycles. The summed E-state index contributed by atoms with van der Waals surface area (Å²) in [6, 6.07) is 7.21. The lowest BCUT2D eigenvalue weighted by Gasteiger charge is -2.08. The molecule has 0 aliphatic heterocycles. The largest absolute Gasteiger partial charge is 0.494 e. The van der Waals surface area contributed by atoms with Crippen LogP contribution in [0.1, 0.15) is 25.3 Å². The number of aromatic nitrogens is 1. The number of carbonyl (C=O) groups is 1. The molecule has 0 unspecified atom stereocenters. The highest BCUT2D eigenvalue weighted by molar-refractivity contribution is 5.80. The van der Waals surface area contributed by atoms with Crippen LogP contribution in [0.3, 0.4) is 0 Å². The summed E-state index contributed by atoms with van der Waals surface area (Å²) in [6.07, 6.45) is 1.82. The summed E-state index contributed by atoms with van der Waals surface area (Å²) in [4.78, 5) is 25.6. The lowest BCUT2D eigenvalue weighted by Crippen LogP contribution is -2.14. The molecule has 0 aliphatic rings. The summed E-state index contributed by atoms with van der Waals surface area (Å²) in [5.41, 5.74) is 6.26. The Morgan fingerprint density at radius 2 is 2.09 bits per heavy atom. The van der Waals surface area contributed by atoms with E-state index in [1.807, 2.05) is 12.1 Å². The molecule has 3 N–H and O–H groups in total. The molecule has 0 saturated heterocycles. The summed E-state index contributed by atoms with van der Waals surface area (Å²) in [5.74, 6) is 0.286. The number of ether oxygens (including phenoxy) is 2. The SMILES string of the molecule is CC(=O)OCc1cc2ccc(OCCCCN)cc2[nH]c1=O. The van der Waals surface area contributed by atoms with Gasteiger partial charge in [0.15, 0.2) is 0 Å². The van der Waals surface area contributed by atoms with E-state index in [-0.39, 0.29) is 12.2 Å². The summed E-state index contributed by atoms with van der Waals surface area (Å²) in [7, 11) is 0. The van der Waals surface area contributed by atoms with Gasteiger partial charge in [0.25, 0.3) is 5.56 Å². The average molecular weight is 304 g/mol. The fraction of sp³-hybridized carbons (Fsp3) is 0.375. The van der Waals surface area contributed by atoms with Crippen LogP contribution < -0.4 is 16.0 Å². The molecule has 1 aromatic heterocycles. The summed E-state index contributed by atoms with van der Waals surface area (Å²) < 4.78 is 10.5. The first-order valence-corrected chi connectivity index (χ1v) is 7.22. The molecule has 2 aromatic rings. The van der Waals surface area contributed by atoms with Crippen molar-refractivity contribution in [1.29, 1.82) is 0 Å². The molecule has 0 fully saturated rings. The molecule has 0 aliphatic carbocycles. The van der Waals surface area contributed by atoms with Gasteiger partial charge in [-0.05, 0) is 43.0 Å². The number of pyridine rings is 1. The van der Waals surface area contributed by atoms with E-state index in [2.05, 4.69) is 4.98 Å². The molecule has 2 rings (SSSR count). The van der Waals surface area contributed by atoms with Crippen LogP contribution in [-0.2, 0) is 16.1 Å². The van der Waals surface area contributed by atoms with Crippen LogP contribution in [0, 0.1) is 0 Å². The molecule has 118 valence electrons. The minimum Gasteiger partial charge on any atom is -0.494 e. The lowest BCUT2D eigenvalue weighted by atomic mass is 10.1. The number of benzene rings is 1. The number of aromatic amines is 1. The zero-order valence-corrected chi connectivity index (χ0v) is 12.6. The van der Waals surface area contributed by atoms with Crippen LogP contribution in [0.4, 0.5) is 0 Å². The van der Waals surface area contributed by atoms with E-state index in [1.165, 1.54) is 6.92 Å². The molecule has 0 spiro atoms. The Balaban J connectivity index is 2.14. The first-order chi connectivity index (χ1) is 10.6. The second kappa shape index (κ2) is 7.61. The van der Waals surface area contributed by atoms with Crippen LogP contribution in [-0.4, -0.2) is 24.1 Å². The maximum absolute atomic E-state index is 12.0. The first-order valence-electron chi connectivity index (χ1n) is 7.22. The minimum atomic E-state index is -0.416. The Labute approximate surface area is 128 Å². The lowest BCUT2D eigenvalue weighted by molar-refractivity contribution is -0.142. The van der Waals surface area contributed by atoms with Gasteiger partial charge in [0.05, 0.1) is 17.7 Å². The second-order valence-electron chi connectivity index (χ2n) is 5.00. The number of hydrogen-bond acceptors (Lipinski definition) is 5. The van der Waals surface area contributed by atoms with Crippen molar-refractivity contribution in [2.24, 2.45) is 5.73 Å².